The van der Waals surface area contributed by atoms with Gasteiger partial charge < -0.3 is 18.4 Å². The maximum Gasteiger partial charge on any atom is 0.302 e. The van der Waals surface area contributed by atoms with Crippen molar-refractivity contribution < 1.29 is 28.0 Å². The summed E-state index contributed by atoms with van der Waals surface area (Å²) in [5, 5.41) is 0. The van der Waals surface area contributed by atoms with Crippen molar-refractivity contribution in [2.24, 2.45) is 34.5 Å². The summed E-state index contributed by atoms with van der Waals surface area (Å²) < 4.78 is 14.6. The average Bonchev–Trinajstić information content (AvgIpc) is 3.20. The van der Waals surface area contributed by atoms with Gasteiger partial charge in [0.1, 0.15) is 12.2 Å². The number of hydrogen-bond donors (Lipinski definition) is 0. The number of esters is 2. The summed E-state index contributed by atoms with van der Waals surface area (Å²) in [6.45, 7) is 17.3. The van der Waals surface area contributed by atoms with Crippen LogP contribution in [0.1, 0.15) is 72.6 Å². The molecule has 0 unspecified atom stereocenters. The maximum atomic E-state index is 12.5. The Hall–Kier alpha value is -1.22. The fraction of sp³-hybridized carbons (Fsp3) is 0.943. The number of rotatable bonds is 4. The van der Waals surface area contributed by atoms with Crippen molar-refractivity contribution >= 4 is 11.9 Å². The molecule has 10 atom stereocenters. The molecule has 4 aliphatic carbocycles. The van der Waals surface area contributed by atoms with Gasteiger partial charge in [0, 0.05) is 57.5 Å². The lowest BCUT2D eigenvalue weighted by Gasteiger charge is -2.62. The quantitative estimate of drug-likeness (QED) is 0.362. The number of fused-ring (bicyclic) bond motifs is 5. The molecule has 43 heavy (non-hydrogen) atoms. The van der Waals surface area contributed by atoms with E-state index in [0.29, 0.717) is 35.8 Å². The highest BCUT2D eigenvalue weighted by Crippen LogP contribution is 2.67. The number of carbonyl (C=O) groups is 2. The zero-order valence-electron chi connectivity index (χ0n) is 28.6. The van der Waals surface area contributed by atoms with E-state index >= 15 is 0 Å². The van der Waals surface area contributed by atoms with E-state index in [-0.39, 0.29) is 35.0 Å². The molecule has 0 aromatic heterocycles. The highest BCUT2D eigenvalue weighted by Gasteiger charge is 2.65. The third kappa shape index (κ3) is 5.81. The number of carbonyl (C=O) groups excluding carboxylic acids is 2. The van der Waals surface area contributed by atoms with Crippen molar-refractivity contribution in [1.82, 2.24) is 9.80 Å². The van der Waals surface area contributed by atoms with E-state index in [1.54, 1.807) is 13.8 Å². The first-order valence-corrected chi connectivity index (χ1v) is 17.6. The summed E-state index contributed by atoms with van der Waals surface area (Å²) in [6, 6.07) is 0.656. The molecule has 0 aromatic rings. The van der Waals surface area contributed by atoms with E-state index in [0.717, 1.165) is 80.6 Å². The van der Waals surface area contributed by atoms with Crippen LogP contribution in [0, 0.1) is 34.5 Å². The molecule has 0 bridgehead atoms. The molecule has 2 heterocycles. The van der Waals surface area contributed by atoms with Crippen LogP contribution in [0.3, 0.4) is 0 Å². The van der Waals surface area contributed by atoms with Gasteiger partial charge in [0.15, 0.2) is 0 Å². The Labute approximate surface area is 261 Å². The second kappa shape index (κ2) is 11.2. The van der Waals surface area contributed by atoms with Crippen molar-refractivity contribution in [3.05, 3.63) is 0 Å². The van der Waals surface area contributed by atoms with Crippen LogP contribution >= 0.6 is 0 Å². The Kier molecular flexibility index (Phi) is 8.30. The van der Waals surface area contributed by atoms with E-state index in [2.05, 4.69) is 51.8 Å². The summed E-state index contributed by atoms with van der Waals surface area (Å²) in [4.78, 5) is 30.2. The van der Waals surface area contributed by atoms with Gasteiger partial charge in [0.2, 0.25) is 0 Å². The van der Waals surface area contributed by atoms with Gasteiger partial charge >= 0.3 is 11.9 Å². The minimum atomic E-state index is -0.123. The fourth-order valence-corrected chi connectivity index (χ4v) is 11.4. The fourth-order valence-electron chi connectivity index (χ4n) is 11.4. The summed E-state index contributed by atoms with van der Waals surface area (Å²) in [6.07, 6.45) is 8.22. The van der Waals surface area contributed by atoms with Crippen LogP contribution < -0.4 is 0 Å². The van der Waals surface area contributed by atoms with Gasteiger partial charge in [-0.2, -0.15) is 0 Å². The van der Waals surface area contributed by atoms with Crippen LogP contribution in [0.4, 0.5) is 0 Å². The van der Waals surface area contributed by atoms with Gasteiger partial charge in [-0.3, -0.25) is 19.4 Å². The Morgan fingerprint density at radius 1 is 0.698 bits per heavy atom. The molecule has 244 valence electrons. The van der Waals surface area contributed by atoms with Gasteiger partial charge in [-0.05, 0) is 74.0 Å². The zero-order chi connectivity index (χ0) is 30.9. The van der Waals surface area contributed by atoms with E-state index < -0.39 is 0 Å². The third-order valence-corrected chi connectivity index (χ3v) is 14.1. The van der Waals surface area contributed by atoms with Crippen molar-refractivity contribution in [3.8, 4) is 0 Å². The molecule has 0 spiro atoms. The van der Waals surface area contributed by atoms with E-state index in [1.165, 1.54) is 25.7 Å². The summed E-state index contributed by atoms with van der Waals surface area (Å²) in [7, 11) is 9.36. The second-order valence-electron chi connectivity index (χ2n) is 17.5. The summed E-state index contributed by atoms with van der Waals surface area (Å²) in [5.74, 6) is 2.35. The van der Waals surface area contributed by atoms with Crippen LogP contribution in [0.2, 0.25) is 0 Å². The molecule has 0 N–H and O–H groups in total. The number of likely N-dealkylation sites (N-methyl/N-ethyl adjacent to an activating group) is 2. The predicted octanol–water partition coefficient (Wildman–Crippen LogP) is 3.63. The molecule has 6 rings (SSSR count). The maximum absolute atomic E-state index is 12.5. The number of ether oxygens (including phenoxy) is 2. The number of quaternary nitrogens is 2. The van der Waals surface area contributed by atoms with Crippen molar-refractivity contribution in [1.29, 1.82) is 0 Å². The Morgan fingerprint density at radius 2 is 1.26 bits per heavy atom. The highest BCUT2D eigenvalue weighted by atomic mass is 16.5. The Morgan fingerprint density at radius 3 is 1.81 bits per heavy atom. The van der Waals surface area contributed by atoms with Crippen LogP contribution in [0.25, 0.3) is 0 Å². The number of nitrogens with zero attached hydrogens (tertiary/aromatic N) is 4. The lowest BCUT2D eigenvalue weighted by Crippen LogP contribution is -2.64. The summed E-state index contributed by atoms with van der Waals surface area (Å²) >= 11 is 0. The summed E-state index contributed by atoms with van der Waals surface area (Å²) in [5.41, 5.74) is 0.308. The molecule has 8 heteroatoms. The smallest absolute Gasteiger partial charge is 0.302 e. The molecular weight excluding hydrogens is 540 g/mol. The Bertz CT molecular complexity index is 1060. The number of hydrogen-bond acceptors (Lipinski definition) is 6. The minimum Gasteiger partial charge on any atom is -0.461 e. The van der Waals surface area contributed by atoms with Crippen molar-refractivity contribution in [2.75, 3.05) is 80.5 Å². The molecule has 0 amide bonds. The molecule has 6 fully saturated rings. The lowest BCUT2D eigenvalue weighted by atomic mass is 9.44. The zero-order valence-corrected chi connectivity index (χ0v) is 28.6. The first-order valence-electron chi connectivity index (χ1n) is 17.6. The first kappa shape index (κ1) is 31.7. The van der Waals surface area contributed by atoms with Crippen molar-refractivity contribution in [3.63, 3.8) is 0 Å². The molecular formula is C35H62N4O4+2. The average molecular weight is 603 g/mol. The van der Waals surface area contributed by atoms with Crippen LogP contribution in [-0.2, 0) is 19.1 Å². The normalized spacial score (nSPS) is 46.2. The molecule has 2 saturated heterocycles. The Balaban J connectivity index is 1.26. The van der Waals surface area contributed by atoms with Gasteiger partial charge in [-0.1, -0.05) is 13.8 Å². The molecule has 8 nitrogen and oxygen atoms in total. The van der Waals surface area contributed by atoms with Gasteiger partial charge in [-0.25, -0.2) is 0 Å². The van der Waals surface area contributed by atoms with Gasteiger partial charge in [0.05, 0.1) is 54.4 Å². The van der Waals surface area contributed by atoms with Crippen LogP contribution in [0.15, 0.2) is 0 Å². The minimum absolute atomic E-state index is 0.00234. The second-order valence-corrected chi connectivity index (χ2v) is 17.5. The van der Waals surface area contributed by atoms with Crippen LogP contribution in [0.5, 0.6) is 0 Å². The van der Waals surface area contributed by atoms with E-state index in [1.807, 2.05) is 0 Å². The third-order valence-electron chi connectivity index (χ3n) is 14.1. The first-order chi connectivity index (χ1) is 20.1. The van der Waals surface area contributed by atoms with Crippen LogP contribution in [-0.4, -0.2) is 136 Å². The van der Waals surface area contributed by atoms with E-state index in [9.17, 15) is 9.59 Å². The lowest BCUT2D eigenvalue weighted by molar-refractivity contribution is -0.894. The SMILES string of the molecule is CC(=O)O[C@H]1C[C@@H]2CC[C@H]3[C@H]4C[C@H](N5CC[N+](C)(C)CC5)[C@H](OC(C)=O)[C@@]4(C)CC[C@@H]3[C@@]2(C)C[C@H]1N1CC[N+](C)(C)CC1. The number of piperazine rings is 2. The van der Waals surface area contributed by atoms with E-state index in [4.69, 9.17) is 9.47 Å². The molecule has 4 saturated carbocycles. The van der Waals surface area contributed by atoms with Crippen molar-refractivity contribution in [2.45, 2.75) is 96.9 Å². The standard InChI is InChI=1S/C35H62N4O4/c1-24(40)42-32-21-26-9-10-27-28(35(26,4)23-31(32)37-15-19-39(7,8)20-16-37)11-12-34(3)29(27)22-30(33(34)43-25(2)41)36-13-17-38(5,6)18-14-36/h26-33H,9-23H2,1-8H3/q+2/t26-,27+,28-,29+,30-,31+,32-,33-,34-,35-/m0/s1. The predicted molar refractivity (Wildman–Crippen MR) is 168 cm³/mol. The molecule has 6 aliphatic rings. The molecule has 2 aliphatic heterocycles. The molecule has 0 aromatic carbocycles. The van der Waals surface area contributed by atoms with Gasteiger partial charge in [-0.15, -0.1) is 0 Å². The topological polar surface area (TPSA) is 59.1 Å². The largest absolute Gasteiger partial charge is 0.461 e. The molecule has 0 radical (unpaired) electrons. The monoisotopic (exact) mass is 602 g/mol. The van der Waals surface area contributed by atoms with Gasteiger partial charge in [0.25, 0.3) is 0 Å². The highest BCUT2D eigenvalue weighted by molar-refractivity contribution is 5.66.